The number of allylic oxidation sites excluding steroid dienone is 1. The summed E-state index contributed by atoms with van der Waals surface area (Å²) in [5, 5.41) is 0. The third-order valence-electron chi connectivity index (χ3n) is 3.31. The largest absolute Gasteiger partial charge is 0.371 e. The third-order valence-corrected chi connectivity index (χ3v) is 3.31. The maximum atomic E-state index is 6.05. The number of hydrogen-bond acceptors (Lipinski definition) is 1. The summed E-state index contributed by atoms with van der Waals surface area (Å²) < 4.78 is 6.05. The standard InChI is InChI=1S/C13H24O/c1-4-7-12-8-10-13(6-3,9-5-2)14-11-12/h7H,4-6,8-11H2,1-3H3/b12-7+/t13-/m1/s1. The van der Waals surface area contributed by atoms with Gasteiger partial charge in [0.05, 0.1) is 12.2 Å². The lowest BCUT2D eigenvalue weighted by Gasteiger charge is -2.37. The molecule has 0 unspecified atom stereocenters. The molecule has 0 aromatic rings. The van der Waals surface area contributed by atoms with Crippen LogP contribution in [-0.2, 0) is 4.74 Å². The van der Waals surface area contributed by atoms with Gasteiger partial charge < -0.3 is 4.74 Å². The second kappa shape index (κ2) is 5.55. The Bertz CT molecular complexity index is 183. The average Bonchev–Trinajstić information content (AvgIpc) is 2.22. The van der Waals surface area contributed by atoms with Gasteiger partial charge in [0.25, 0.3) is 0 Å². The predicted octanol–water partition coefficient (Wildman–Crippen LogP) is 4.08. The molecule has 0 spiro atoms. The summed E-state index contributed by atoms with van der Waals surface area (Å²) in [5.41, 5.74) is 1.72. The van der Waals surface area contributed by atoms with E-state index in [0.29, 0.717) is 0 Å². The van der Waals surface area contributed by atoms with Gasteiger partial charge in [0, 0.05) is 0 Å². The van der Waals surface area contributed by atoms with Gasteiger partial charge in [-0.25, -0.2) is 0 Å². The van der Waals surface area contributed by atoms with E-state index in [4.69, 9.17) is 4.74 Å². The van der Waals surface area contributed by atoms with Crippen LogP contribution >= 0.6 is 0 Å². The van der Waals surface area contributed by atoms with Crippen molar-refractivity contribution < 1.29 is 4.74 Å². The lowest BCUT2D eigenvalue weighted by molar-refractivity contribution is -0.0671. The quantitative estimate of drug-likeness (QED) is 0.616. The van der Waals surface area contributed by atoms with Crippen LogP contribution in [0, 0.1) is 0 Å². The van der Waals surface area contributed by atoms with Crippen molar-refractivity contribution in [3.8, 4) is 0 Å². The van der Waals surface area contributed by atoms with Gasteiger partial charge in [0.1, 0.15) is 0 Å². The zero-order valence-corrected chi connectivity index (χ0v) is 9.94. The fourth-order valence-corrected chi connectivity index (χ4v) is 2.34. The lowest BCUT2D eigenvalue weighted by Crippen LogP contribution is -2.36. The monoisotopic (exact) mass is 196 g/mol. The van der Waals surface area contributed by atoms with Crippen molar-refractivity contribution in [2.45, 2.75) is 64.9 Å². The molecule has 1 nitrogen and oxygen atoms in total. The van der Waals surface area contributed by atoms with Crippen LogP contribution in [-0.4, -0.2) is 12.2 Å². The van der Waals surface area contributed by atoms with Crippen LogP contribution in [0.3, 0.4) is 0 Å². The smallest absolute Gasteiger partial charge is 0.0687 e. The van der Waals surface area contributed by atoms with Crippen molar-refractivity contribution in [2.75, 3.05) is 6.61 Å². The van der Waals surface area contributed by atoms with E-state index in [1.165, 1.54) is 37.7 Å². The molecule has 1 heterocycles. The Morgan fingerprint density at radius 2 is 2.14 bits per heavy atom. The summed E-state index contributed by atoms with van der Waals surface area (Å²) >= 11 is 0. The molecule has 1 aliphatic rings. The van der Waals surface area contributed by atoms with Gasteiger partial charge in [0.15, 0.2) is 0 Å². The molecule has 1 fully saturated rings. The summed E-state index contributed by atoms with van der Waals surface area (Å²) in [4.78, 5) is 0. The van der Waals surface area contributed by atoms with Crippen LogP contribution in [0.4, 0.5) is 0 Å². The summed E-state index contributed by atoms with van der Waals surface area (Å²) in [6, 6.07) is 0. The zero-order valence-electron chi connectivity index (χ0n) is 9.94. The minimum atomic E-state index is 0.208. The van der Waals surface area contributed by atoms with Crippen LogP contribution < -0.4 is 0 Å². The molecule has 0 saturated carbocycles. The Morgan fingerprint density at radius 3 is 2.57 bits per heavy atom. The fourth-order valence-electron chi connectivity index (χ4n) is 2.34. The molecule has 0 aromatic heterocycles. The molecule has 1 atom stereocenters. The molecule has 1 rings (SSSR count). The van der Waals surface area contributed by atoms with Crippen molar-refractivity contribution in [1.82, 2.24) is 0 Å². The highest BCUT2D eigenvalue weighted by Crippen LogP contribution is 2.34. The van der Waals surface area contributed by atoms with Crippen LogP contribution in [0.1, 0.15) is 59.3 Å². The Hall–Kier alpha value is -0.300. The second-order valence-corrected chi connectivity index (χ2v) is 4.35. The Balaban J connectivity index is 2.50. The molecule has 0 radical (unpaired) electrons. The molecule has 82 valence electrons. The lowest BCUT2D eigenvalue weighted by atomic mass is 9.85. The summed E-state index contributed by atoms with van der Waals surface area (Å²) in [5.74, 6) is 0. The highest BCUT2D eigenvalue weighted by Gasteiger charge is 2.31. The first-order valence-electron chi connectivity index (χ1n) is 6.08. The van der Waals surface area contributed by atoms with E-state index in [1.54, 1.807) is 0 Å². The van der Waals surface area contributed by atoms with E-state index in [2.05, 4.69) is 26.8 Å². The molecule has 0 aromatic carbocycles. The van der Waals surface area contributed by atoms with E-state index in [0.717, 1.165) is 13.0 Å². The zero-order chi connectivity index (χ0) is 10.4. The Labute approximate surface area is 88.5 Å². The van der Waals surface area contributed by atoms with Crippen LogP contribution in [0.25, 0.3) is 0 Å². The minimum Gasteiger partial charge on any atom is -0.371 e. The molecular formula is C13H24O. The van der Waals surface area contributed by atoms with Gasteiger partial charge in [-0.3, -0.25) is 0 Å². The van der Waals surface area contributed by atoms with E-state index >= 15 is 0 Å². The van der Waals surface area contributed by atoms with Gasteiger partial charge in [-0.15, -0.1) is 0 Å². The number of hydrogen-bond donors (Lipinski definition) is 0. The normalized spacial score (nSPS) is 30.9. The highest BCUT2D eigenvalue weighted by molar-refractivity contribution is 5.07. The topological polar surface area (TPSA) is 9.23 Å². The van der Waals surface area contributed by atoms with Crippen molar-refractivity contribution in [1.29, 1.82) is 0 Å². The highest BCUT2D eigenvalue weighted by atomic mass is 16.5. The van der Waals surface area contributed by atoms with Crippen LogP contribution in [0.5, 0.6) is 0 Å². The molecule has 0 amide bonds. The third kappa shape index (κ3) is 2.84. The summed E-state index contributed by atoms with van der Waals surface area (Å²) in [6.07, 6.45) is 9.58. The fraction of sp³-hybridized carbons (Fsp3) is 0.846. The van der Waals surface area contributed by atoms with Crippen molar-refractivity contribution in [3.63, 3.8) is 0 Å². The van der Waals surface area contributed by atoms with Crippen LogP contribution in [0.2, 0.25) is 0 Å². The first-order valence-corrected chi connectivity index (χ1v) is 6.08. The number of rotatable bonds is 4. The molecule has 1 heteroatoms. The molecule has 14 heavy (non-hydrogen) atoms. The molecule has 0 bridgehead atoms. The Morgan fingerprint density at radius 1 is 1.36 bits per heavy atom. The average molecular weight is 196 g/mol. The van der Waals surface area contributed by atoms with Crippen LogP contribution in [0.15, 0.2) is 11.6 Å². The van der Waals surface area contributed by atoms with Gasteiger partial charge >= 0.3 is 0 Å². The summed E-state index contributed by atoms with van der Waals surface area (Å²) in [6.45, 7) is 7.57. The molecular weight excluding hydrogens is 172 g/mol. The first-order chi connectivity index (χ1) is 6.76. The van der Waals surface area contributed by atoms with E-state index in [9.17, 15) is 0 Å². The summed E-state index contributed by atoms with van der Waals surface area (Å²) in [7, 11) is 0. The van der Waals surface area contributed by atoms with Crippen molar-refractivity contribution in [2.24, 2.45) is 0 Å². The first kappa shape index (κ1) is 11.8. The molecule has 0 aliphatic carbocycles. The molecule has 1 aliphatic heterocycles. The van der Waals surface area contributed by atoms with Gasteiger partial charge in [-0.05, 0) is 37.7 Å². The van der Waals surface area contributed by atoms with E-state index in [1.807, 2.05) is 0 Å². The molecule has 1 saturated heterocycles. The van der Waals surface area contributed by atoms with Gasteiger partial charge in [-0.2, -0.15) is 0 Å². The Kier molecular flexibility index (Phi) is 4.67. The van der Waals surface area contributed by atoms with Gasteiger partial charge in [-0.1, -0.05) is 33.3 Å². The SMILES string of the molecule is CC/C=C1\CC[C@@](CC)(CCC)OC1. The van der Waals surface area contributed by atoms with E-state index in [-0.39, 0.29) is 5.60 Å². The second-order valence-electron chi connectivity index (χ2n) is 4.35. The van der Waals surface area contributed by atoms with E-state index < -0.39 is 0 Å². The number of ether oxygens (including phenoxy) is 1. The predicted molar refractivity (Wildman–Crippen MR) is 61.5 cm³/mol. The minimum absolute atomic E-state index is 0.208. The maximum Gasteiger partial charge on any atom is 0.0687 e. The molecule has 0 N–H and O–H groups in total. The maximum absolute atomic E-state index is 6.05. The van der Waals surface area contributed by atoms with Crippen molar-refractivity contribution >= 4 is 0 Å². The van der Waals surface area contributed by atoms with Gasteiger partial charge in [0.2, 0.25) is 0 Å². The van der Waals surface area contributed by atoms with Crippen molar-refractivity contribution in [3.05, 3.63) is 11.6 Å².